The summed E-state index contributed by atoms with van der Waals surface area (Å²) in [5, 5.41) is 2.93. The molecule has 7 nitrogen and oxygen atoms in total. The summed E-state index contributed by atoms with van der Waals surface area (Å²) >= 11 is 0. The van der Waals surface area contributed by atoms with E-state index in [-0.39, 0.29) is 18.1 Å². The molecule has 2 fully saturated rings. The van der Waals surface area contributed by atoms with Crippen LogP contribution in [0.3, 0.4) is 0 Å². The van der Waals surface area contributed by atoms with Gasteiger partial charge in [-0.3, -0.25) is 0 Å². The van der Waals surface area contributed by atoms with Gasteiger partial charge in [-0.2, -0.15) is 0 Å². The van der Waals surface area contributed by atoms with Gasteiger partial charge in [0.05, 0.1) is 0 Å². The summed E-state index contributed by atoms with van der Waals surface area (Å²) in [6.45, 7) is 9.38. The van der Waals surface area contributed by atoms with Gasteiger partial charge in [0.25, 0.3) is 0 Å². The fourth-order valence-electron chi connectivity index (χ4n) is 5.44. The Morgan fingerprint density at radius 2 is 1.91 bits per heavy atom. The van der Waals surface area contributed by atoms with Crippen LogP contribution in [-0.2, 0) is 20.7 Å². The van der Waals surface area contributed by atoms with Crippen molar-refractivity contribution in [1.29, 1.82) is 0 Å². The molecule has 7 heteroatoms. The second-order valence-electron chi connectivity index (χ2n) is 10.3. The summed E-state index contributed by atoms with van der Waals surface area (Å²) in [4.78, 5) is 39.5. The molecule has 0 bridgehead atoms. The van der Waals surface area contributed by atoms with Crippen LogP contribution < -0.4 is 10.2 Å². The summed E-state index contributed by atoms with van der Waals surface area (Å²) in [5.41, 5.74) is 3.98. The maximum atomic E-state index is 12.6. The number of nitrogens with zero attached hydrogens (tertiary/aromatic N) is 2. The van der Waals surface area contributed by atoms with Gasteiger partial charge < -0.3 is 19.9 Å². The summed E-state index contributed by atoms with van der Waals surface area (Å²) in [6.07, 6.45) is 3.74. The number of carbonyl (C=O) groups excluding carboxylic acids is 3. The van der Waals surface area contributed by atoms with Gasteiger partial charge >= 0.3 is 6.09 Å². The lowest BCUT2D eigenvalue weighted by molar-refractivity contribution is 0.0104. The molecule has 0 saturated carbocycles. The molecule has 0 radical (unpaired) electrons. The first-order valence-electron chi connectivity index (χ1n) is 11.9. The number of anilines is 1. The number of fused-ring (bicyclic) bond motifs is 1. The number of carbonyl (C=O) groups is 1. The number of ether oxygens (including phenoxy) is 1. The van der Waals surface area contributed by atoms with Crippen molar-refractivity contribution >= 4 is 23.7 Å². The van der Waals surface area contributed by atoms with E-state index in [0.717, 1.165) is 31.4 Å². The largest absolute Gasteiger partial charge is 0.444 e. The van der Waals surface area contributed by atoms with Crippen LogP contribution in [0.2, 0.25) is 0 Å². The van der Waals surface area contributed by atoms with Crippen LogP contribution in [0.15, 0.2) is 29.6 Å². The Bertz CT molecular complexity index is 1030. The first kappa shape index (κ1) is 23.2. The number of piperidine rings is 2. The van der Waals surface area contributed by atoms with E-state index in [0.29, 0.717) is 36.8 Å². The van der Waals surface area contributed by atoms with Crippen molar-refractivity contribution in [2.24, 2.45) is 0 Å². The molecule has 1 amide bonds. The van der Waals surface area contributed by atoms with Gasteiger partial charge in [-0.1, -0.05) is 12.1 Å². The van der Waals surface area contributed by atoms with Gasteiger partial charge in [0.2, 0.25) is 0 Å². The van der Waals surface area contributed by atoms with Crippen molar-refractivity contribution in [2.75, 3.05) is 18.0 Å². The Morgan fingerprint density at radius 3 is 2.58 bits per heavy atom. The standard InChI is InChI=1S/C26H33N3O4/c1-17-14-19(10-12-28(17)25(32)33-26(2,3)4)29-13-11-22-20(6-5-7-24(22)29)21-9-8-18(15-30)27-23(21)16-31/h5-7,17,19,21,27H,8-14H2,1-4H3/t17-,19+,21+/m0/s1. The Labute approximate surface area is 195 Å². The minimum atomic E-state index is -0.497. The molecule has 3 aliphatic heterocycles. The van der Waals surface area contributed by atoms with Gasteiger partial charge in [0, 0.05) is 36.8 Å². The molecule has 176 valence electrons. The molecule has 1 aromatic rings. The van der Waals surface area contributed by atoms with E-state index in [9.17, 15) is 14.4 Å². The lowest BCUT2D eigenvalue weighted by atomic mass is 9.84. The second-order valence-corrected chi connectivity index (χ2v) is 10.3. The number of nitrogens with one attached hydrogen (secondary N) is 1. The van der Waals surface area contributed by atoms with Crippen LogP contribution in [0, 0.1) is 0 Å². The van der Waals surface area contributed by atoms with Crippen molar-refractivity contribution in [3.63, 3.8) is 0 Å². The summed E-state index contributed by atoms with van der Waals surface area (Å²) in [5.74, 6) is 3.81. The third kappa shape index (κ3) is 4.71. The molecule has 4 rings (SSSR count). The zero-order valence-corrected chi connectivity index (χ0v) is 19.9. The van der Waals surface area contributed by atoms with E-state index in [1.807, 2.05) is 37.6 Å². The number of allylic oxidation sites excluding steroid dienone is 2. The third-order valence-electron chi connectivity index (χ3n) is 6.94. The fraction of sp³-hybridized carbons (Fsp3) is 0.577. The minimum absolute atomic E-state index is 0.0811. The fourth-order valence-corrected chi connectivity index (χ4v) is 5.44. The number of hydrogen-bond acceptors (Lipinski definition) is 6. The topological polar surface area (TPSA) is 79.0 Å². The number of amides is 1. The average molecular weight is 452 g/mol. The number of hydrogen-bond donors (Lipinski definition) is 1. The molecule has 0 spiro atoms. The smallest absolute Gasteiger partial charge is 0.410 e. The molecule has 0 aromatic heterocycles. The van der Waals surface area contributed by atoms with E-state index < -0.39 is 5.60 Å². The highest BCUT2D eigenvalue weighted by Crippen LogP contribution is 2.41. The zero-order chi connectivity index (χ0) is 23.8. The monoisotopic (exact) mass is 451 g/mol. The van der Waals surface area contributed by atoms with E-state index in [1.54, 1.807) is 0 Å². The highest BCUT2D eigenvalue weighted by Gasteiger charge is 2.37. The predicted molar refractivity (Wildman–Crippen MR) is 126 cm³/mol. The van der Waals surface area contributed by atoms with Crippen LogP contribution in [-0.4, -0.2) is 53.7 Å². The van der Waals surface area contributed by atoms with Gasteiger partial charge in [0.15, 0.2) is 0 Å². The van der Waals surface area contributed by atoms with Crippen LogP contribution in [0.5, 0.6) is 0 Å². The van der Waals surface area contributed by atoms with Crippen LogP contribution >= 0.6 is 0 Å². The molecule has 1 aromatic carbocycles. The van der Waals surface area contributed by atoms with Crippen LogP contribution in [0.25, 0.3) is 0 Å². The highest BCUT2D eigenvalue weighted by molar-refractivity contribution is 5.69. The SMILES string of the molecule is C[C@H]1C[C@H](N2CCc3c([C@H]4CCC(=C=O)NC4=C=O)cccc32)CCN1C(=O)OC(C)(C)C. The van der Waals surface area contributed by atoms with E-state index >= 15 is 0 Å². The Hall–Kier alpha value is -3.01. The first-order valence-corrected chi connectivity index (χ1v) is 11.9. The van der Waals surface area contributed by atoms with Gasteiger partial charge in [-0.05, 0) is 77.0 Å². The maximum Gasteiger partial charge on any atom is 0.410 e. The maximum absolute atomic E-state index is 12.6. The zero-order valence-electron chi connectivity index (χ0n) is 19.9. The van der Waals surface area contributed by atoms with E-state index in [1.165, 1.54) is 11.3 Å². The molecule has 0 unspecified atom stereocenters. The Balaban J connectivity index is 1.51. The second kappa shape index (κ2) is 9.09. The van der Waals surface area contributed by atoms with Crippen LogP contribution in [0.1, 0.15) is 70.4 Å². The molecule has 3 atom stereocenters. The normalized spacial score (nSPS) is 25.2. The van der Waals surface area contributed by atoms with Crippen molar-refractivity contribution in [3.8, 4) is 0 Å². The Morgan fingerprint density at radius 1 is 1.12 bits per heavy atom. The predicted octanol–water partition coefficient (Wildman–Crippen LogP) is 3.74. The van der Waals surface area contributed by atoms with Crippen LogP contribution in [0.4, 0.5) is 10.5 Å². The third-order valence-corrected chi connectivity index (χ3v) is 6.94. The van der Waals surface area contributed by atoms with Crippen molar-refractivity contribution in [2.45, 2.75) is 83.4 Å². The molecular weight excluding hydrogens is 418 g/mol. The first-order chi connectivity index (χ1) is 15.7. The van der Waals surface area contributed by atoms with E-state index in [2.05, 4.69) is 35.3 Å². The summed E-state index contributed by atoms with van der Waals surface area (Å²) in [6, 6.07) is 6.76. The molecule has 33 heavy (non-hydrogen) atoms. The van der Waals surface area contributed by atoms with Crippen molar-refractivity contribution < 1.29 is 19.1 Å². The lowest BCUT2D eigenvalue weighted by Crippen LogP contribution is -2.52. The molecule has 0 aliphatic carbocycles. The quantitative estimate of drug-likeness (QED) is 0.691. The van der Waals surface area contributed by atoms with E-state index in [4.69, 9.17) is 4.74 Å². The molecule has 2 saturated heterocycles. The van der Waals surface area contributed by atoms with Gasteiger partial charge in [-0.25, -0.2) is 14.4 Å². The lowest BCUT2D eigenvalue weighted by Gasteiger charge is -2.42. The minimum Gasteiger partial charge on any atom is -0.444 e. The number of rotatable bonds is 2. The molecule has 3 heterocycles. The van der Waals surface area contributed by atoms with Gasteiger partial charge in [-0.15, -0.1) is 0 Å². The molecular formula is C26H33N3O4. The van der Waals surface area contributed by atoms with Crippen molar-refractivity contribution in [1.82, 2.24) is 10.2 Å². The van der Waals surface area contributed by atoms with Gasteiger partial charge in [0.1, 0.15) is 28.9 Å². The average Bonchev–Trinajstić information content (AvgIpc) is 3.21. The highest BCUT2D eigenvalue weighted by atomic mass is 16.6. The molecule has 3 aliphatic rings. The summed E-state index contributed by atoms with van der Waals surface area (Å²) in [7, 11) is 0. The summed E-state index contributed by atoms with van der Waals surface area (Å²) < 4.78 is 5.59. The number of benzene rings is 1. The number of likely N-dealkylation sites (tertiary alicyclic amines) is 1. The van der Waals surface area contributed by atoms with Crippen molar-refractivity contribution in [3.05, 3.63) is 40.7 Å². The Kier molecular flexibility index (Phi) is 6.38. The molecule has 1 N–H and O–H groups in total.